The standard InChI is InChI=1S/C56H76N18O5.ClH/c1-6-25-77-27-29-79-30-28-78-26-16-59-54-62-55(71-21-17-69(18-22-71)52(75)49(34-42-32-40-12-8-10-14-45(40)60-42)73-36-47(65-67-73)44(57)31-38(3)4)64-56(63-54)72-23-19-70(20-24-72)53(76)50(35-43-33-41-13-9-11-15-46(41)61-43)74-37-48(66-68-74)51(58)39(5)7-2;/h1,8-15,32-33,36-39,44,49-51,60-61H,7,16-31,34-35,57-58H2,2-5H3,(H,59,62,63,64);1H/t39?,44-,49-,50-,51-;/m0./s1. The van der Waals surface area contributed by atoms with Gasteiger partial charge in [-0.2, -0.15) is 15.0 Å². The zero-order valence-electron chi connectivity index (χ0n) is 46.3. The van der Waals surface area contributed by atoms with Crippen LogP contribution in [0.15, 0.2) is 73.1 Å². The molecule has 0 saturated carbocycles. The molecule has 2 aliphatic rings. The summed E-state index contributed by atoms with van der Waals surface area (Å²) in [5, 5.41) is 23.4. The number of H-pyrrole nitrogens is 2. The SMILES string of the molecule is C#CCOCCOCCOCCNc1nc(N2CCN(C(=O)[C@H](Cc3cc4ccccc4[nH]3)n3cc([C@@H](N)C(C)CC)nn3)CC2)nc(N2CCN(C(=O)[C@H](Cc3cc4ccccc4[nH]3)n3cc([C@@H](N)CC(C)C)nn3)CC2)n1.Cl. The van der Waals surface area contributed by atoms with E-state index >= 15 is 0 Å². The van der Waals surface area contributed by atoms with Gasteiger partial charge in [0.05, 0.1) is 68.9 Å². The average Bonchev–Trinajstić information content (AvgIpc) is 4.32. The number of rotatable bonds is 27. The first-order chi connectivity index (χ1) is 38.4. The predicted molar refractivity (Wildman–Crippen MR) is 309 cm³/mol. The lowest BCUT2D eigenvalue weighted by Crippen LogP contribution is -2.52. The molecule has 2 fully saturated rings. The Labute approximate surface area is 473 Å². The Morgan fingerprint density at radius 3 is 1.68 bits per heavy atom. The van der Waals surface area contributed by atoms with Crippen molar-refractivity contribution in [1.29, 1.82) is 0 Å². The third-order valence-corrected chi connectivity index (χ3v) is 14.8. The fourth-order valence-corrected chi connectivity index (χ4v) is 10.1. The maximum absolute atomic E-state index is 14.8. The Bertz CT molecular complexity index is 3050. The first-order valence-electron chi connectivity index (χ1n) is 27.7. The van der Waals surface area contributed by atoms with Gasteiger partial charge in [0.2, 0.25) is 29.7 Å². The van der Waals surface area contributed by atoms with Crippen LogP contribution in [0.25, 0.3) is 21.8 Å². The second-order valence-electron chi connectivity index (χ2n) is 20.9. The van der Waals surface area contributed by atoms with Crippen molar-refractivity contribution in [3.63, 3.8) is 0 Å². The highest BCUT2D eigenvalue weighted by Gasteiger charge is 2.35. The fraction of sp³-hybridized carbons (Fsp3) is 0.518. The molecule has 2 saturated heterocycles. The molecule has 24 heteroatoms. The Balaban J connectivity index is 0.00000841. The van der Waals surface area contributed by atoms with Crippen LogP contribution in [-0.2, 0) is 36.6 Å². The molecule has 0 radical (unpaired) electrons. The molecule has 7 N–H and O–H groups in total. The molecule has 2 aromatic carbocycles. The molecule has 0 bridgehead atoms. The van der Waals surface area contributed by atoms with Gasteiger partial charge in [-0.3, -0.25) is 9.59 Å². The quantitative estimate of drug-likeness (QED) is 0.0339. The Morgan fingerprint density at radius 1 is 0.688 bits per heavy atom. The number of fused-ring (bicyclic) bond motifs is 2. The lowest BCUT2D eigenvalue weighted by molar-refractivity contribution is -0.136. The second kappa shape index (κ2) is 28.3. The summed E-state index contributed by atoms with van der Waals surface area (Å²) in [4.78, 5) is 59.3. The van der Waals surface area contributed by atoms with Crippen molar-refractivity contribution in [3.05, 3.63) is 95.8 Å². The zero-order valence-corrected chi connectivity index (χ0v) is 47.1. The topological polar surface area (TPSA) is 271 Å². The summed E-state index contributed by atoms with van der Waals surface area (Å²) < 4.78 is 20.0. The predicted octanol–water partition coefficient (Wildman–Crippen LogP) is 4.89. The Hall–Kier alpha value is -7.20. The molecule has 23 nitrogen and oxygen atoms in total. The van der Waals surface area contributed by atoms with Gasteiger partial charge in [0.15, 0.2) is 0 Å². The minimum atomic E-state index is -0.664. The maximum atomic E-state index is 14.8. The number of terminal acetylenes is 1. The van der Waals surface area contributed by atoms with Gasteiger partial charge in [-0.25, -0.2) is 9.36 Å². The number of carbonyl (C=O) groups is 2. The van der Waals surface area contributed by atoms with Crippen LogP contribution in [-0.4, -0.2) is 175 Å². The fourth-order valence-electron chi connectivity index (χ4n) is 10.1. The van der Waals surface area contributed by atoms with Crippen LogP contribution < -0.4 is 26.6 Å². The van der Waals surface area contributed by atoms with Crippen molar-refractivity contribution in [1.82, 2.24) is 64.7 Å². The molecule has 5 aromatic heterocycles. The normalized spacial score (nSPS) is 15.9. The summed E-state index contributed by atoms with van der Waals surface area (Å²) in [5.74, 6) is 4.21. The van der Waals surface area contributed by atoms with E-state index in [1.54, 1.807) is 9.36 Å². The largest absolute Gasteiger partial charge is 0.377 e. The molecule has 5 atom stereocenters. The maximum Gasteiger partial charge on any atom is 0.248 e. The van der Waals surface area contributed by atoms with Crippen molar-refractivity contribution in [2.45, 2.75) is 77.5 Å². The van der Waals surface area contributed by atoms with Gasteiger partial charge < -0.3 is 60.6 Å². The van der Waals surface area contributed by atoms with Crippen molar-refractivity contribution < 1.29 is 23.8 Å². The van der Waals surface area contributed by atoms with E-state index in [2.05, 4.69) is 104 Å². The number of anilines is 3. The lowest BCUT2D eigenvalue weighted by atomic mass is 9.98. The van der Waals surface area contributed by atoms with E-state index in [4.69, 9.17) is 47.1 Å². The van der Waals surface area contributed by atoms with Crippen LogP contribution in [0.1, 0.15) is 87.5 Å². The van der Waals surface area contributed by atoms with Gasteiger partial charge in [0.25, 0.3) is 0 Å². The van der Waals surface area contributed by atoms with Gasteiger partial charge in [0, 0.05) is 94.2 Å². The van der Waals surface area contributed by atoms with E-state index in [0.717, 1.165) is 46.0 Å². The smallest absolute Gasteiger partial charge is 0.248 e. The van der Waals surface area contributed by atoms with Crippen LogP contribution in [0.5, 0.6) is 0 Å². The summed E-state index contributed by atoms with van der Waals surface area (Å²) in [7, 11) is 0. The lowest BCUT2D eigenvalue weighted by Gasteiger charge is -2.38. The van der Waals surface area contributed by atoms with E-state index in [1.165, 1.54) is 0 Å². The van der Waals surface area contributed by atoms with E-state index in [-0.39, 0.29) is 48.8 Å². The number of aromatic nitrogens is 11. The molecule has 2 aliphatic heterocycles. The first kappa shape index (κ1) is 58.9. The molecule has 0 aliphatic carbocycles. The number of hydrogen-bond donors (Lipinski definition) is 5. The Kier molecular flexibility index (Phi) is 20.8. The van der Waals surface area contributed by atoms with Crippen LogP contribution >= 0.6 is 12.4 Å². The molecule has 2 amide bonds. The number of nitrogens with two attached hydrogens (primary N) is 2. The average molecular weight is 1120 g/mol. The molecule has 1 unspecified atom stereocenters. The summed E-state index contributed by atoms with van der Waals surface area (Å²) in [6.07, 6.45) is 11.3. The molecule has 7 heterocycles. The number of hydrogen-bond acceptors (Lipinski definition) is 17. The molecule has 0 spiro atoms. The number of ether oxygens (including phenoxy) is 3. The van der Waals surface area contributed by atoms with Gasteiger partial charge in [-0.1, -0.05) is 86.9 Å². The van der Waals surface area contributed by atoms with Crippen LogP contribution in [0, 0.1) is 24.2 Å². The van der Waals surface area contributed by atoms with E-state index in [9.17, 15) is 9.59 Å². The molecule has 9 rings (SSSR count). The summed E-state index contributed by atoms with van der Waals surface area (Å²) in [5.41, 5.74) is 18.3. The van der Waals surface area contributed by atoms with Gasteiger partial charge in [0.1, 0.15) is 18.7 Å². The summed E-state index contributed by atoms with van der Waals surface area (Å²) in [6.45, 7) is 14.7. The van der Waals surface area contributed by atoms with Gasteiger partial charge in [-0.05, 0) is 53.3 Å². The Morgan fingerprint density at radius 2 is 1.18 bits per heavy atom. The number of benzene rings is 2. The third-order valence-electron chi connectivity index (χ3n) is 14.8. The highest BCUT2D eigenvalue weighted by molar-refractivity contribution is 5.85. The summed E-state index contributed by atoms with van der Waals surface area (Å²) >= 11 is 0. The summed E-state index contributed by atoms with van der Waals surface area (Å²) in [6, 6.07) is 18.4. The zero-order chi connectivity index (χ0) is 55.3. The number of piperazine rings is 2. The van der Waals surface area contributed by atoms with Crippen LogP contribution in [0.2, 0.25) is 0 Å². The monoisotopic (exact) mass is 1120 g/mol. The minimum absolute atomic E-state index is 0. The van der Waals surface area contributed by atoms with E-state index < -0.39 is 12.1 Å². The second-order valence-corrected chi connectivity index (χ2v) is 20.9. The van der Waals surface area contributed by atoms with Crippen molar-refractivity contribution in [2.75, 3.05) is 114 Å². The van der Waals surface area contributed by atoms with Crippen molar-refractivity contribution in [2.24, 2.45) is 23.3 Å². The molecular weight excluding hydrogens is 1040 g/mol. The molecule has 80 heavy (non-hydrogen) atoms. The number of aromatic amines is 2. The van der Waals surface area contributed by atoms with Gasteiger partial charge in [-0.15, -0.1) is 29.0 Å². The highest BCUT2D eigenvalue weighted by Crippen LogP contribution is 2.28. The number of amides is 2. The van der Waals surface area contributed by atoms with Crippen LogP contribution in [0.4, 0.5) is 17.8 Å². The minimum Gasteiger partial charge on any atom is -0.377 e. The number of nitrogens with one attached hydrogen (secondary N) is 3. The molecule has 7 aromatic rings. The molecule has 428 valence electrons. The third kappa shape index (κ3) is 15.0. The van der Waals surface area contributed by atoms with Crippen molar-refractivity contribution in [3.8, 4) is 12.3 Å². The first-order valence-corrected chi connectivity index (χ1v) is 27.7. The van der Waals surface area contributed by atoms with Crippen molar-refractivity contribution >= 4 is 63.9 Å². The van der Waals surface area contributed by atoms with Crippen LogP contribution in [0.3, 0.4) is 0 Å². The van der Waals surface area contributed by atoms with E-state index in [0.29, 0.717) is 140 Å². The van der Waals surface area contributed by atoms with Gasteiger partial charge >= 0.3 is 0 Å². The number of carbonyl (C=O) groups excluding carboxylic acids is 2. The van der Waals surface area contributed by atoms with E-state index in [1.807, 2.05) is 58.6 Å². The number of para-hydroxylation sites is 2. The number of nitrogens with zero attached hydrogens (tertiary/aromatic N) is 13. The molecular formula is C56H77ClN18O5. The highest BCUT2D eigenvalue weighted by atomic mass is 35.5. The number of halogens is 1.